The molecule has 1 aromatic carbocycles. The standard InChI is InChI=1S/C16H16N2O6S/c17-5-9-7-25-15(18-9)8-1-3-10(4-2-8)23-16-14(22)13(21)12(20)11(6-19)24-16/h1-4,7,11-14,16,19-22H,6H2/t11-,12-,13+,14-,16-/m1/s1. The van der Waals surface area contributed by atoms with Gasteiger partial charge in [-0.1, -0.05) is 0 Å². The van der Waals surface area contributed by atoms with Gasteiger partial charge in [0, 0.05) is 10.9 Å². The van der Waals surface area contributed by atoms with E-state index in [1.165, 1.54) is 11.3 Å². The Hall–Kier alpha value is -2.06. The topological polar surface area (TPSA) is 136 Å². The van der Waals surface area contributed by atoms with Gasteiger partial charge in [-0.25, -0.2) is 4.98 Å². The van der Waals surface area contributed by atoms with Crippen LogP contribution in [0.5, 0.6) is 5.75 Å². The zero-order chi connectivity index (χ0) is 18.0. The summed E-state index contributed by atoms with van der Waals surface area (Å²) in [6.07, 6.45) is -6.64. The molecule has 2 heterocycles. The summed E-state index contributed by atoms with van der Waals surface area (Å²) in [6.45, 7) is -0.519. The zero-order valence-corrected chi connectivity index (χ0v) is 13.7. The van der Waals surface area contributed by atoms with E-state index in [1.807, 2.05) is 6.07 Å². The van der Waals surface area contributed by atoms with Crippen molar-refractivity contribution in [3.8, 4) is 22.4 Å². The molecule has 0 aliphatic carbocycles. The Balaban J connectivity index is 1.71. The summed E-state index contributed by atoms with van der Waals surface area (Å²) in [7, 11) is 0. The summed E-state index contributed by atoms with van der Waals surface area (Å²) in [6, 6.07) is 8.70. The predicted molar refractivity (Wildman–Crippen MR) is 86.7 cm³/mol. The molecular formula is C16H16N2O6S. The minimum atomic E-state index is -1.49. The fraction of sp³-hybridized carbons (Fsp3) is 0.375. The number of nitriles is 1. The van der Waals surface area contributed by atoms with E-state index >= 15 is 0 Å². The normalized spacial score (nSPS) is 29.2. The summed E-state index contributed by atoms with van der Waals surface area (Å²) in [4.78, 5) is 4.16. The van der Waals surface area contributed by atoms with Crippen LogP contribution in [0, 0.1) is 11.3 Å². The van der Waals surface area contributed by atoms with Crippen LogP contribution in [0.3, 0.4) is 0 Å². The second kappa shape index (κ2) is 7.45. The molecule has 0 saturated carbocycles. The highest BCUT2D eigenvalue weighted by molar-refractivity contribution is 7.13. The van der Waals surface area contributed by atoms with Crippen LogP contribution >= 0.6 is 11.3 Å². The van der Waals surface area contributed by atoms with Gasteiger partial charge in [0.1, 0.15) is 41.2 Å². The Morgan fingerprint density at radius 1 is 1.16 bits per heavy atom. The molecule has 1 aliphatic rings. The molecule has 4 N–H and O–H groups in total. The summed E-state index contributed by atoms with van der Waals surface area (Å²) in [5, 5.41) is 49.8. The summed E-state index contributed by atoms with van der Waals surface area (Å²) in [5.74, 6) is 0.366. The van der Waals surface area contributed by atoms with Crippen LogP contribution in [-0.2, 0) is 4.74 Å². The highest BCUT2D eigenvalue weighted by Gasteiger charge is 2.44. The van der Waals surface area contributed by atoms with Crippen molar-refractivity contribution in [1.82, 2.24) is 4.98 Å². The summed E-state index contributed by atoms with van der Waals surface area (Å²) in [5.41, 5.74) is 1.15. The van der Waals surface area contributed by atoms with Crippen LogP contribution in [-0.4, -0.2) is 62.7 Å². The van der Waals surface area contributed by atoms with Crippen LogP contribution in [0.2, 0.25) is 0 Å². The Labute approximate surface area is 147 Å². The third-order valence-electron chi connectivity index (χ3n) is 3.82. The van der Waals surface area contributed by atoms with Crippen molar-refractivity contribution in [3.05, 3.63) is 35.3 Å². The van der Waals surface area contributed by atoms with Gasteiger partial charge in [-0.15, -0.1) is 11.3 Å². The first kappa shape index (κ1) is 17.8. The van der Waals surface area contributed by atoms with Crippen LogP contribution in [0.4, 0.5) is 0 Å². The quantitative estimate of drug-likeness (QED) is 0.589. The molecule has 8 nitrogen and oxygen atoms in total. The fourth-order valence-electron chi connectivity index (χ4n) is 2.43. The molecular weight excluding hydrogens is 348 g/mol. The van der Waals surface area contributed by atoms with Gasteiger partial charge in [0.25, 0.3) is 0 Å². The number of thiazole rings is 1. The first-order valence-corrected chi connectivity index (χ1v) is 8.34. The lowest BCUT2D eigenvalue weighted by atomic mass is 9.99. The van der Waals surface area contributed by atoms with Gasteiger partial charge in [0.05, 0.1) is 6.61 Å². The first-order valence-electron chi connectivity index (χ1n) is 7.46. The number of aliphatic hydroxyl groups excluding tert-OH is 4. The smallest absolute Gasteiger partial charge is 0.229 e. The number of aromatic nitrogens is 1. The van der Waals surface area contributed by atoms with Crippen LogP contribution in [0.1, 0.15) is 5.69 Å². The summed E-state index contributed by atoms with van der Waals surface area (Å²) >= 11 is 1.35. The highest BCUT2D eigenvalue weighted by Crippen LogP contribution is 2.28. The van der Waals surface area contributed by atoms with E-state index in [0.717, 1.165) is 5.56 Å². The van der Waals surface area contributed by atoms with Crippen molar-refractivity contribution < 1.29 is 29.9 Å². The Morgan fingerprint density at radius 2 is 1.88 bits per heavy atom. The maximum absolute atomic E-state index is 9.96. The number of rotatable bonds is 4. The van der Waals surface area contributed by atoms with Gasteiger partial charge in [-0.2, -0.15) is 5.26 Å². The molecule has 0 bridgehead atoms. The van der Waals surface area contributed by atoms with Crippen LogP contribution < -0.4 is 4.74 Å². The number of hydrogen-bond acceptors (Lipinski definition) is 9. The van der Waals surface area contributed by atoms with E-state index in [1.54, 1.807) is 29.6 Å². The molecule has 25 heavy (non-hydrogen) atoms. The van der Waals surface area contributed by atoms with E-state index in [9.17, 15) is 20.4 Å². The van der Waals surface area contributed by atoms with E-state index in [-0.39, 0.29) is 0 Å². The Bertz CT molecular complexity index is 757. The largest absolute Gasteiger partial charge is 0.462 e. The van der Waals surface area contributed by atoms with E-state index < -0.39 is 37.3 Å². The van der Waals surface area contributed by atoms with Gasteiger partial charge in [-0.3, -0.25) is 0 Å². The molecule has 2 aromatic rings. The van der Waals surface area contributed by atoms with Crippen molar-refractivity contribution in [3.63, 3.8) is 0 Å². The van der Waals surface area contributed by atoms with Gasteiger partial charge >= 0.3 is 0 Å². The third-order valence-corrected chi connectivity index (χ3v) is 4.71. The predicted octanol–water partition coefficient (Wildman–Crippen LogP) is -0.140. The van der Waals surface area contributed by atoms with Gasteiger partial charge in [-0.05, 0) is 24.3 Å². The van der Waals surface area contributed by atoms with Crippen molar-refractivity contribution in [2.45, 2.75) is 30.7 Å². The Kier molecular flexibility index (Phi) is 5.29. The molecule has 0 radical (unpaired) electrons. The highest BCUT2D eigenvalue weighted by atomic mass is 32.1. The lowest BCUT2D eigenvalue weighted by Gasteiger charge is -2.39. The van der Waals surface area contributed by atoms with E-state index in [2.05, 4.69) is 4.98 Å². The lowest BCUT2D eigenvalue weighted by Crippen LogP contribution is -2.60. The van der Waals surface area contributed by atoms with Crippen molar-refractivity contribution in [2.75, 3.05) is 6.61 Å². The van der Waals surface area contributed by atoms with Crippen molar-refractivity contribution in [2.24, 2.45) is 0 Å². The first-order chi connectivity index (χ1) is 12.0. The van der Waals surface area contributed by atoms with Crippen LogP contribution in [0.25, 0.3) is 10.6 Å². The van der Waals surface area contributed by atoms with Crippen LogP contribution in [0.15, 0.2) is 29.6 Å². The third kappa shape index (κ3) is 3.64. The number of hydrogen-bond donors (Lipinski definition) is 4. The lowest BCUT2D eigenvalue weighted by molar-refractivity contribution is -0.277. The average Bonchev–Trinajstić information content (AvgIpc) is 3.12. The molecule has 0 unspecified atom stereocenters. The SMILES string of the molecule is N#Cc1csc(-c2ccc(O[C@@H]3O[C@H](CO)[C@@H](O)[C@H](O)[C@H]3O)cc2)n1. The molecule has 9 heteroatoms. The fourth-order valence-corrected chi connectivity index (χ4v) is 3.18. The molecule has 3 rings (SSSR count). The molecule has 5 atom stereocenters. The van der Waals surface area contributed by atoms with Crippen molar-refractivity contribution in [1.29, 1.82) is 5.26 Å². The molecule has 0 spiro atoms. The molecule has 1 saturated heterocycles. The average molecular weight is 364 g/mol. The molecule has 1 aliphatic heterocycles. The zero-order valence-electron chi connectivity index (χ0n) is 12.9. The monoisotopic (exact) mass is 364 g/mol. The number of nitrogens with zero attached hydrogens (tertiary/aromatic N) is 2. The molecule has 1 fully saturated rings. The van der Waals surface area contributed by atoms with E-state index in [0.29, 0.717) is 16.5 Å². The maximum atomic E-state index is 9.96. The van der Waals surface area contributed by atoms with Crippen molar-refractivity contribution >= 4 is 11.3 Å². The Morgan fingerprint density at radius 3 is 2.48 bits per heavy atom. The van der Waals surface area contributed by atoms with Gasteiger partial charge in [0.15, 0.2) is 5.69 Å². The van der Waals surface area contributed by atoms with Gasteiger partial charge in [0.2, 0.25) is 6.29 Å². The minimum absolute atomic E-state index is 0.349. The molecule has 1 aromatic heterocycles. The summed E-state index contributed by atoms with van der Waals surface area (Å²) < 4.78 is 10.8. The number of aliphatic hydroxyl groups is 4. The molecule has 132 valence electrons. The minimum Gasteiger partial charge on any atom is -0.462 e. The molecule has 0 amide bonds. The van der Waals surface area contributed by atoms with Gasteiger partial charge < -0.3 is 29.9 Å². The number of ether oxygens (including phenoxy) is 2. The second-order valence-corrected chi connectivity index (χ2v) is 6.35. The second-order valence-electron chi connectivity index (χ2n) is 5.49. The maximum Gasteiger partial charge on any atom is 0.229 e. The number of benzene rings is 1. The van der Waals surface area contributed by atoms with E-state index in [4.69, 9.17) is 14.7 Å².